The molecule has 7 aliphatic heterocycles. The number of amides is 5. The molecule has 0 aromatic heterocycles. The van der Waals surface area contributed by atoms with Gasteiger partial charge in [0.15, 0.2) is 31.5 Å². The van der Waals surface area contributed by atoms with Crippen LogP contribution in [0.2, 0.25) is 0 Å². The van der Waals surface area contributed by atoms with E-state index in [2.05, 4.69) is 40.4 Å². The number of carboxylic acid groups (broad SMARTS) is 2. The number of aliphatic hydroxyl groups is 19. The maximum atomic E-state index is 14.6. The smallest absolute Gasteiger partial charge is 0.364 e. The molecule has 7 heterocycles. The van der Waals surface area contributed by atoms with Crippen LogP contribution in [0.1, 0.15) is 253 Å². The minimum Gasteiger partial charge on any atom is -0.477 e. The molecule has 26 N–H and O–H groups in total. The molecule has 7 rings (SSSR count). The molecule has 7 fully saturated rings. The molecular formula is C94H164N5O42. The highest BCUT2D eigenvalue weighted by Gasteiger charge is 2.64. The first kappa shape index (κ1) is 123. The molecule has 0 bridgehead atoms. The Morgan fingerprint density at radius 3 is 1.33 bits per heavy atom. The summed E-state index contributed by atoms with van der Waals surface area (Å²) >= 11 is 0. The molecule has 141 heavy (non-hydrogen) atoms. The Balaban J connectivity index is 1.21. The summed E-state index contributed by atoms with van der Waals surface area (Å²) in [6.45, 7) is -0.138. The van der Waals surface area contributed by atoms with Crippen LogP contribution in [0.3, 0.4) is 0 Å². The lowest BCUT2D eigenvalue weighted by Gasteiger charge is -2.52. The zero-order chi connectivity index (χ0) is 104. The first-order valence-electron chi connectivity index (χ1n) is 50.3. The minimum absolute atomic E-state index is 0.175. The van der Waals surface area contributed by atoms with E-state index in [4.69, 9.17) is 66.3 Å². The Hall–Kier alpha value is -5.29. The number of hydrogen-bond donors (Lipinski definition) is 26. The lowest BCUT2D eigenvalue weighted by atomic mass is 9.87. The van der Waals surface area contributed by atoms with Crippen LogP contribution in [0.25, 0.3) is 0 Å². The molecule has 47 nitrogen and oxygen atoms in total. The van der Waals surface area contributed by atoms with Crippen LogP contribution in [-0.2, 0) is 99.9 Å². The van der Waals surface area contributed by atoms with Crippen LogP contribution in [0, 0.1) is 6.42 Å². The molecule has 5 amide bonds. The summed E-state index contributed by atoms with van der Waals surface area (Å²) in [5.41, 5.74) is 0. The van der Waals surface area contributed by atoms with Gasteiger partial charge in [-0.25, -0.2) is 9.59 Å². The molecule has 37 atom stereocenters. The van der Waals surface area contributed by atoms with Gasteiger partial charge in [-0.3, -0.25) is 24.0 Å². The number of nitrogens with one attached hydrogen (secondary N) is 5. The zero-order valence-electron chi connectivity index (χ0n) is 81.9. The van der Waals surface area contributed by atoms with Crippen LogP contribution in [-0.4, -0.2) is 427 Å². The average molecular weight is 2040 g/mol. The molecule has 0 aromatic rings. The summed E-state index contributed by atoms with van der Waals surface area (Å²) in [6.07, 6.45) is -30.9. The van der Waals surface area contributed by atoms with Crippen LogP contribution >= 0.6 is 0 Å². The molecule has 7 saturated heterocycles. The van der Waals surface area contributed by atoms with E-state index in [1.165, 1.54) is 103 Å². The van der Waals surface area contributed by atoms with Crippen molar-refractivity contribution in [3.63, 3.8) is 0 Å². The van der Waals surface area contributed by atoms with Gasteiger partial charge in [-0.15, -0.1) is 0 Å². The summed E-state index contributed by atoms with van der Waals surface area (Å²) in [4.78, 5) is 93.5. The molecule has 0 saturated carbocycles. The number of allylic oxidation sites excluding steroid dienone is 1. The molecule has 0 spiro atoms. The second kappa shape index (κ2) is 62.9. The Morgan fingerprint density at radius 2 is 0.844 bits per heavy atom. The fourth-order valence-electron chi connectivity index (χ4n) is 19.0. The van der Waals surface area contributed by atoms with Crippen molar-refractivity contribution in [2.75, 3.05) is 52.9 Å². The van der Waals surface area contributed by atoms with Gasteiger partial charge in [0.05, 0.1) is 120 Å². The molecule has 7 aliphatic rings. The second-order valence-corrected chi connectivity index (χ2v) is 38.2. The topological polar surface area (TPSA) is 734 Å². The molecule has 0 aromatic carbocycles. The summed E-state index contributed by atoms with van der Waals surface area (Å²) in [5, 5.41) is 251. The van der Waals surface area contributed by atoms with Crippen molar-refractivity contribution >= 4 is 41.5 Å². The normalized spacial score (nSPS) is 34.7. The van der Waals surface area contributed by atoms with Gasteiger partial charge < -0.3 is 200 Å². The number of hydrogen-bond acceptors (Lipinski definition) is 40. The molecule has 0 aliphatic carbocycles. The minimum atomic E-state index is -3.68. The first-order valence-corrected chi connectivity index (χ1v) is 50.3. The monoisotopic (exact) mass is 2040 g/mol. The van der Waals surface area contributed by atoms with Crippen LogP contribution in [0.15, 0.2) is 12.2 Å². The van der Waals surface area contributed by atoms with Crippen molar-refractivity contribution in [2.24, 2.45) is 0 Å². The summed E-state index contributed by atoms with van der Waals surface area (Å²) in [5.74, 6) is -15.5. The van der Waals surface area contributed by atoms with E-state index >= 15 is 0 Å². The van der Waals surface area contributed by atoms with E-state index in [0.717, 1.165) is 91.9 Å². The molecule has 47 heteroatoms. The Kier molecular flexibility index (Phi) is 54.7. The van der Waals surface area contributed by atoms with Gasteiger partial charge in [0, 0.05) is 72.6 Å². The second-order valence-electron chi connectivity index (χ2n) is 38.2. The fourth-order valence-corrected chi connectivity index (χ4v) is 19.0. The number of rotatable bonds is 65. The molecular weight excluding hydrogens is 1870 g/mol. The average Bonchev–Trinajstić information content (AvgIpc) is 0.741. The predicted molar refractivity (Wildman–Crippen MR) is 490 cm³/mol. The lowest BCUT2D eigenvalue weighted by molar-refractivity contribution is -0.402. The summed E-state index contributed by atoms with van der Waals surface area (Å²) < 4.78 is 86.4. The van der Waals surface area contributed by atoms with Crippen molar-refractivity contribution in [1.82, 2.24) is 26.6 Å². The van der Waals surface area contributed by atoms with Gasteiger partial charge >= 0.3 is 11.9 Å². The highest BCUT2D eigenvalue weighted by atomic mass is 16.8. The van der Waals surface area contributed by atoms with Gasteiger partial charge in [0.25, 0.3) is 11.6 Å². The number of ether oxygens (including phenoxy) is 14. The maximum Gasteiger partial charge on any atom is 0.364 e. The Morgan fingerprint density at radius 1 is 0.411 bits per heavy atom. The van der Waals surface area contributed by atoms with E-state index < -0.39 is 340 Å². The SMILES string of the molecule is CCCCCCCCCCCCCC=C[CH][C@H](COC1OC(CO)C(OC2OC(CO)C(OC3OC(CO)CC(OC4OC(CO)CC(OC5CC(O)C(NC(C)=O)C(C(O)C(O)CO)O5)C4O)C3NC(C)=O)C(OC3(C(=O)O)CC(O)C(NC(C)=O)C(C(O)C(CO)OC4(C(=O)O)CC(O)C(NC(C)=O)C(C(O)C(O)CO)O4)O3)C2O)C(O)C1O)NC(=O)CCCCCCCCCCCCCCCCC. The predicted octanol–water partition coefficient (Wildman–Crippen LogP) is -3.25. The third kappa shape index (κ3) is 37.2. The molecule has 36 unspecified atom stereocenters. The number of carbonyl (C=O) groups is 7. The lowest BCUT2D eigenvalue weighted by Crippen LogP contribution is -2.72. The van der Waals surface area contributed by atoms with Crippen molar-refractivity contribution in [1.29, 1.82) is 0 Å². The van der Waals surface area contributed by atoms with Gasteiger partial charge in [-0.2, -0.15) is 0 Å². The highest BCUT2D eigenvalue weighted by Crippen LogP contribution is 2.44. The van der Waals surface area contributed by atoms with Crippen molar-refractivity contribution < 1.29 is 207 Å². The van der Waals surface area contributed by atoms with E-state index in [1.54, 1.807) is 12.5 Å². The number of aliphatic carboxylic acids is 2. The van der Waals surface area contributed by atoms with Gasteiger partial charge in [0.2, 0.25) is 29.5 Å². The number of carbonyl (C=O) groups excluding carboxylic acids is 5. The largest absolute Gasteiger partial charge is 0.477 e. The highest BCUT2D eigenvalue weighted by molar-refractivity contribution is 5.78. The number of aliphatic hydroxyl groups excluding tert-OH is 19. The fraction of sp³-hybridized carbons (Fsp3) is 0.894. The van der Waals surface area contributed by atoms with Gasteiger partial charge in [0.1, 0.15) is 116 Å². The van der Waals surface area contributed by atoms with Crippen molar-refractivity contribution in [2.45, 2.75) is 479 Å². The van der Waals surface area contributed by atoms with E-state index in [9.17, 15) is 141 Å². The van der Waals surface area contributed by atoms with Crippen LogP contribution < -0.4 is 26.6 Å². The van der Waals surface area contributed by atoms with E-state index in [-0.39, 0.29) is 18.7 Å². The molecule has 817 valence electrons. The standard InChI is InChI=1S/C94H164N5O42/c1-7-9-11-13-15-17-19-21-23-25-27-29-31-33-35-37-68(116)99-55(36-34-32-30-28-26-24-22-20-18-16-14-12-10-8-2)50-128-88-79(122)78(121)81(66(48-105)133-88)136-90-80(123)86(141-94(92(126)127)42-60(113)72(97-53(5)109)85(140-94)76(119)65(47-104)138-93(91(124)125)41-59(112)71(96-52(4)108)84(139-93)75(118)62(115)46-103)82(67(49-106)134-90)137-87-73(98-54(6)110)63(38-56(43-100)129-87)132-89-77(120)64(39-57(44-101)130-89)131-69-40-58(111)70(95-51(3)107)83(135-69)74(117)61(114)45-102/h32,34,36,55-67,69-90,100-106,111-115,117-123H,7-31,33,35,37-50H2,1-6H3,(H,95,107)(H,96,108)(H,97,109)(H,98,110)(H,99,116)(H,124,125)(H,126,127)/t55-,56?,57?,58?,59?,60?,61?,62?,63?,64?,65?,66?,67?,69?,70?,71?,72?,73?,74?,75?,76?,77?,78?,79?,80?,81?,82?,83?,84?,85?,86?,87?,88?,89?,90?,93?,94?/m1/s1. The maximum absolute atomic E-state index is 14.6. The van der Waals surface area contributed by atoms with Gasteiger partial charge in [-0.05, 0) is 19.3 Å². The van der Waals surface area contributed by atoms with Crippen LogP contribution in [0.5, 0.6) is 0 Å². The van der Waals surface area contributed by atoms with Crippen LogP contribution in [0.4, 0.5) is 0 Å². The Bertz CT molecular complexity index is 3630. The van der Waals surface area contributed by atoms with E-state index in [0.29, 0.717) is 6.42 Å². The molecule has 1 radical (unpaired) electrons. The van der Waals surface area contributed by atoms with Gasteiger partial charge in [-0.1, -0.05) is 180 Å². The first-order chi connectivity index (χ1) is 67.3. The summed E-state index contributed by atoms with van der Waals surface area (Å²) in [6, 6.07) is -8.00. The quantitative estimate of drug-likeness (QED) is 0.0266. The summed E-state index contributed by atoms with van der Waals surface area (Å²) in [7, 11) is 0. The Labute approximate surface area is 822 Å². The number of unbranched alkanes of at least 4 members (excludes halogenated alkanes) is 25. The van der Waals surface area contributed by atoms with Crippen molar-refractivity contribution in [3.8, 4) is 0 Å². The van der Waals surface area contributed by atoms with Crippen molar-refractivity contribution in [3.05, 3.63) is 18.6 Å². The zero-order valence-corrected chi connectivity index (χ0v) is 81.9. The number of carboxylic acids is 2. The third-order valence-electron chi connectivity index (χ3n) is 26.7. The van der Waals surface area contributed by atoms with E-state index in [1.807, 2.05) is 6.08 Å². The third-order valence-corrected chi connectivity index (χ3v) is 26.7.